The molecule has 3 rings (SSSR count). The first-order valence-electron chi connectivity index (χ1n) is 5.96. The molecule has 0 bridgehead atoms. The lowest BCUT2D eigenvalue weighted by atomic mass is 10.1. The van der Waals surface area contributed by atoms with Gasteiger partial charge in [-0.05, 0) is 31.0 Å². The van der Waals surface area contributed by atoms with Crippen LogP contribution in [0, 0.1) is 0 Å². The van der Waals surface area contributed by atoms with Crippen LogP contribution in [-0.4, -0.2) is 22.8 Å². The number of benzene rings is 1. The van der Waals surface area contributed by atoms with E-state index in [0.29, 0.717) is 16.8 Å². The highest BCUT2D eigenvalue weighted by molar-refractivity contribution is 6.21. The van der Waals surface area contributed by atoms with Crippen molar-refractivity contribution in [3.8, 4) is 0 Å². The Morgan fingerprint density at radius 2 is 1.71 bits per heavy atom. The molecule has 0 aromatic heterocycles. The van der Waals surface area contributed by atoms with Gasteiger partial charge in [0.1, 0.15) is 0 Å². The molecule has 0 atom stereocenters. The molecule has 1 saturated carbocycles. The zero-order valence-corrected chi connectivity index (χ0v) is 9.48. The van der Waals surface area contributed by atoms with E-state index >= 15 is 0 Å². The number of nitrogen functional groups attached to an aromatic ring is 1. The Morgan fingerprint density at radius 3 is 2.41 bits per heavy atom. The maximum atomic E-state index is 12.2. The van der Waals surface area contributed by atoms with Crippen molar-refractivity contribution in [2.75, 3.05) is 5.73 Å². The van der Waals surface area contributed by atoms with Gasteiger partial charge in [0.05, 0.1) is 11.1 Å². The van der Waals surface area contributed by atoms with E-state index in [9.17, 15) is 9.59 Å². The summed E-state index contributed by atoms with van der Waals surface area (Å²) >= 11 is 0. The van der Waals surface area contributed by atoms with Crippen molar-refractivity contribution in [2.45, 2.75) is 31.7 Å². The zero-order valence-electron chi connectivity index (χ0n) is 9.48. The molecule has 17 heavy (non-hydrogen) atoms. The minimum atomic E-state index is -0.177. The number of carbonyl (C=O) groups is 2. The number of amides is 2. The van der Waals surface area contributed by atoms with Crippen LogP contribution < -0.4 is 5.73 Å². The van der Waals surface area contributed by atoms with Crippen LogP contribution in [-0.2, 0) is 0 Å². The standard InChI is InChI=1S/C13H14N2O2/c14-8-5-6-10-11(7-8)13(17)15(12(10)16)9-3-1-2-4-9/h5-7,9H,1-4,14H2. The van der Waals surface area contributed by atoms with Crippen LogP contribution in [0.25, 0.3) is 0 Å². The number of hydrogen-bond acceptors (Lipinski definition) is 3. The van der Waals surface area contributed by atoms with Gasteiger partial charge in [-0.2, -0.15) is 0 Å². The van der Waals surface area contributed by atoms with Gasteiger partial charge >= 0.3 is 0 Å². The third kappa shape index (κ3) is 1.44. The van der Waals surface area contributed by atoms with Gasteiger partial charge in [0.2, 0.25) is 0 Å². The van der Waals surface area contributed by atoms with Crippen LogP contribution in [0.15, 0.2) is 18.2 Å². The maximum Gasteiger partial charge on any atom is 0.261 e. The average Bonchev–Trinajstić information content (AvgIpc) is 2.88. The lowest BCUT2D eigenvalue weighted by molar-refractivity contribution is 0.0588. The Morgan fingerprint density at radius 1 is 1.06 bits per heavy atom. The van der Waals surface area contributed by atoms with E-state index in [-0.39, 0.29) is 17.9 Å². The molecule has 88 valence electrons. The molecular weight excluding hydrogens is 216 g/mol. The summed E-state index contributed by atoms with van der Waals surface area (Å²) in [5.41, 5.74) is 7.14. The van der Waals surface area contributed by atoms with Gasteiger partial charge in [-0.15, -0.1) is 0 Å². The first kappa shape index (κ1) is 10.3. The summed E-state index contributed by atoms with van der Waals surface area (Å²) in [6.07, 6.45) is 4.06. The largest absolute Gasteiger partial charge is 0.399 e. The minimum Gasteiger partial charge on any atom is -0.399 e. The highest BCUT2D eigenvalue weighted by atomic mass is 16.2. The molecule has 1 aliphatic carbocycles. The van der Waals surface area contributed by atoms with E-state index in [4.69, 9.17) is 5.73 Å². The predicted octanol–water partition coefficient (Wildman–Crippen LogP) is 1.81. The van der Waals surface area contributed by atoms with Crippen LogP contribution in [0.4, 0.5) is 5.69 Å². The third-order valence-electron chi connectivity index (χ3n) is 3.63. The lowest BCUT2D eigenvalue weighted by Crippen LogP contribution is -2.38. The predicted molar refractivity (Wildman–Crippen MR) is 63.6 cm³/mol. The monoisotopic (exact) mass is 230 g/mol. The highest BCUT2D eigenvalue weighted by Crippen LogP contribution is 2.32. The third-order valence-corrected chi connectivity index (χ3v) is 3.63. The second-order valence-corrected chi connectivity index (χ2v) is 4.72. The van der Waals surface area contributed by atoms with Gasteiger partial charge in [-0.25, -0.2) is 0 Å². The first-order chi connectivity index (χ1) is 8.18. The van der Waals surface area contributed by atoms with E-state index in [1.165, 1.54) is 4.90 Å². The SMILES string of the molecule is Nc1ccc2c(c1)C(=O)N(C1CCCC1)C2=O. The number of hydrogen-bond donors (Lipinski definition) is 1. The zero-order chi connectivity index (χ0) is 12.0. The topological polar surface area (TPSA) is 63.4 Å². The van der Waals surface area contributed by atoms with Crippen molar-refractivity contribution in [1.82, 2.24) is 4.90 Å². The molecule has 4 nitrogen and oxygen atoms in total. The fourth-order valence-electron chi connectivity index (χ4n) is 2.77. The van der Waals surface area contributed by atoms with Crippen molar-refractivity contribution in [3.05, 3.63) is 29.3 Å². The molecule has 0 saturated heterocycles. The molecule has 0 unspecified atom stereocenters. The quantitative estimate of drug-likeness (QED) is 0.591. The second-order valence-electron chi connectivity index (χ2n) is 4.72. The normalized spacial score (nSPS) is 20.1. The second kappa shape index (κ2) is 3.58. The van der Waals surface area contributed by atoms with Crippen LogP contribution in [0.5, 0.6) is 0 Å². The Hall–Kier alpha value is -1.84. The Bertz CT molecular complexity index is 504. The van der Waals surface area contributed by atoms with Crippen molar-refractivity contribution in [1.29, 1.82) is 0 Å². The Labute approximate surface area is 99.4 Å². The summed E-state index contributed by atoms with van der Waals surface area (Å²) in [7, 11) is 0. The molecular formula is C13H14N2O2. The van der Waals surface area contributed by atoms with Gasteiger partial charge < -0.3 is 5.73 Å². The summed E-state index contributed by atoms with van der Waals surface area (Å²) in [4.78, 5) is 25.8. The number of imide groups is 1. The summed E-state index contributed by atoms with van der Waals surface area (Å²) in [5, 5.41) is 0. The van der Waals surface area contributed by atoms with E-state index in [2.05, 4.69) is 0 Å². The number of fused-ring (bicyclic) bond motifs is 1. The minimum absolute atomic E-state index is 0.0867. The number of nitrogens with two attached hydrogens (primary N) is 1. The van der Waals surface area contributed by atoms with E-state index < -0.39 is 0 Å². The maximum absolute atomic E-state index is 12.2. The van der Waals surface area contributed by atoms with E-state index in [1.54, 1.807) is 18.2 Å². The summed E-state index contributed by atoms with van der Waals surface area (Å²) in [6, 6.07) is 5.01. The summed E-state index contributed by atoms with van der Waals surface area (Å²) < 4.78 is 0. The Balaban J connectivity index is 2.02. The molecule has 2 amide bonds. The number of carbonyl (C=O) groups excluding carboxylic acids is 2. The summed E-state index contributed by atoms with van der Waals surface area (Å²) in [5.74, 6) is -0.332. The van der Waals surface area contributed by atoms with Crippen LogP contribution >= 0.6 is 0 Å². The van der Waals surface area contributed by atoms with Crippen molar-refractivity contribution in [2.24, 2.45) is 0 Å². The van der Waals surface area contributed by atoms with E-state index in [1.807, 2.05) is 0 Å². The van der Waals surface area contributed by atoms with Gasteiger partial charge in [0.15, 0.2) is 0 Å². The van der Waals surface area contributed by atoms with Crippen molar-refractivity contribution < 1.29 is 9.59 Å². The smallest absolute Gasteiger partial charge is 0.261 e. The van der Waals surface area contributed by atoms with Gasteiger partial charge in [-0.1, -0.05) is 12.8 Å². The van der Waals surface area contributed by atoms with E-state index in [0.717, 1.165) is 25.7 Å². The number of anilines is 1. The Kier molecular flexibility index (Phi) is 2.18. The van der Waals surface area contributed by atoms with Gasteiger partial charge in [-0.3, -0.25) is 14.5 Å². The fraction of sp³-hybridized carbons (Fsp3) is 0.385. The van der Waals surface area contributed by atoms with Crippen LogP contribution in [0.3, 0.4) is 0 Å². The molecule has 1 fully saturated rings. The number of nitrogens with zero attached hydrogens (tertiary/aromatic N) is 1. The molecule has 0 spiro atoms. The average molecular weight is 230 g/mol. The van der Waals surface area contributed by atoms with Gasteiger partial charge in [0.25, 0.3) is 11.8 Å². The molecule has 2 N–H and O–H groups in total. The summed E-state index contributed by atoms with van der Waals surface area (Å²) in [6.45, 7) is 0. The molecule has 1 aromatic rings. The first-order valence-corrected chi connectivity index (χ1v) is 5.96. The van der Waals surface area contributed by atoms with Gasteiger partial charge in [0, 0.05) is 11.7 Å². The molecule has 2 aliphatic rings. The van der Waals surface area contributed by atoms with Crippen LogP contribution in [0.1, 0.15) is 46.4 Å². The molecule has 1 aromatic carbocycles. The molecule has 1 heterocycles. The highest BCUT2D eigenvalue weighted by Gasteiger charge is 2.40. The molecule has 1 aliphatic heterocycles. The number of rotatable bonds is 1. The van der Waals surface area contributed by atoms with Crippen LogP contribution in [0.2, 0.25) is 0 Å². The molecule has 0 radical (unpaired) electrons. The molecule has 4 heteroatoms. The van der Waals surface area contributed by atoms with Crippen molar-refractivity contribution >= 4 is 17.5 Å². The lowest BCUT2D eigenvalue weighted by Gasteiger charge is -2.21. The fourth-order valence-corrected chi connectivity index (χ4v) is 2.77. The van der Waals surface area contributed by atoms with Crippen molar-refractivity contribution in [3.63, 3.8) is 0 Å².